The Labute approximate surface area is 133 Å². The highest BCUT2D eigenvalue weighted by Crippen LogP contribution is 2.26. The lowest BCUT2D eigenvalue weighted by molar-refractivity contribution is 0.103. The van der Waals surface area contributed by atoms with Crippen molar-refractivity contribution in [3.63, 3.8) is 0 Å². The second-order valence-electron chi connectivity index (χ2n) is 3.71. The maximum Gasteiger partial charge on any atom is 0.199 e. The van der Waals surface area contributed by atoms with E-state index in [1.54, 1.807) is 6.07 Å². The number of halogens is 5. The van der Waals surface area contributed by atoms with Gasteiger partial charge in [-0.1, -0.05) is 31.9 Å². The second-order valence-corrected chi connectivity index (χ2v) is 6.39. The molecule has 0 saturated carbocycles. The summed E-state index contributed by atoms with van der Waals surface area (Å²) in [6.45, 7) is 0. The third kappa shape index (κ3) is 3.12. The number of benzene rings is 2. The zero-order chi connectivity index (χ0) is 14.2. The second kappa shape index (κ2) is 5.81. The van der Waals surface area contributed by atoms with Gasteiger partial charge in [0.25, 0.3) is 0 Å². The summed E-state index contributed by atoms with van der Waals surface area (Å²) in [7, 11) is 0. The Morgan fingerprint density at radius 3 is 2.11 bits per heavy atom. The zero-order valence-electron chi connectivity index (χ0n) is 9.18. The molecule has 0 atom stereocenters. The fourth-order valence-corrected chi connectivity index (χ4v) is 3.19. The molecule has 0 aliphatic carbocycles. The highest BCUT2D eigenvalue weighted by molar-refractivity contribution is 9.11. The molecule has 0 unspecified atom stereocenters. The van der Waals surface area contributed by atoms with Crippen molar-refractivity contribution in [2.45, 2.75) is 0 Å². The molecular formula is C13H5Br3F2O. The van der Waals surface area contributed by atoms with Gasteiger partial charge in [0.2, 0.25) is 0 Å². The Bertz CT molecular complexity index is 651. The molecule has 0 saturated heterocycles. The molecule has 2 rings (SSSR count). The van der Waals surface area contributed by atoms with Crippen molar-refractivity contribution in [2.75, 3.05) is 0 Å². The topological polar surface area (TPSA) is 17.1 Å². The first-order valence-corrected chi connectivity index (χ1v) is 7.42. The molecule has 0 aromatic heterocycles. The minimum Gasteiger partial charge on any atom is -0.288 e. The van der Waals surface area contributed by atoms with Crippen LogP contribution < -0.4 is 0 Å². The third-order valence-electron chi connectivity index (χ3n) is 2.40. The standard InChI is InChI=1S/C13H5Br3F2O/c14-7-3-6(4-8(15)5-7)13(19)11-10(17)2-1-9(16)12(11)18/h1-5H. The molecule has 6 heteroatoms. The molecule has 1 nitrogen and oxygen atoms in total. The predicted octanol–water partition coefficient (Wildman–Crippen LogP) is 5.48. The summed E-state index contributed by atoms with van der Waals surface area (Å²) in [6, 6.07) is 7.01. The lowest BCUT2D eigenvalue weighted by atomic mass is 10.0. The van der Waals surface area contributed by atoms with E-state index in [0.29, 0.717) is 8.95 Å². The fraction of sp³-hybridized carbons (Fsp3) is 0. The van der Waals surface area contributed by atoms with Crippen molar-refractivity contribution < 1.29 is 13.6 Å². The van der Waals surface area contributed by atoms with Crippen molar-refractivity contribution in [3.8, 4) is 0 Å². The average Bonchev–Trinajstić information content (AvgIpc) is 2.33. The van der Waals surface area contributed by atoms with E-state index in [4.69, 9.17) is 0 Å². The van der Waals surface area contributed by atoms with Crippen molar-refractivity contribution in [1.29, 1.82) is 0 Å². The van der Waals surface area contributed by atoms with Crippen LogP contribution in [0.5, 0.6) is 0 Å². The van der Waals surface area contributed by atoms with Gasteiger partial charge in [-0.05, 0) is 46.3 Å². The normalized spacial score (nSPS) is 10.6. The van der Waals surface area contributed by atoms with Gasteiger partial charge in [0.15, 0.2) is 11.6 Å². The number of carbonyl (C=O) groups excluding carboxylic acids is 1. The van der Waals surface area contributed by atoms with Crippen LogP contribution in [0.4, 0.5) is 8.78 Å². The first kappa shape index (κ1) is 14.8. The number of carbonyl (C=O) groups is 1. The third-order valence-corrected chi connectivity index (χ3v) is 3.92. The van der Waals surface area contributed by atoms with Crippen molar-refractivity contribution in [3.05, 3.63) is 66.5 Å². The molecule has 0 aliphatic heterocycles. The lowest BCUT2D eigenvalue weighted by Crippen LogP contribution is -2.08. The number of hydrogen-bond acceptors (Lipinski definition) is 1. The molecular weight excluding hydrogens is 450 g/mol. The largest absolute Gasteiger partial charge is 0.288 e. The smallest absolute Gasteiger partial charge is 0.199 e. The molecule has 2 aromatic rings. The van der Waals surface area contributed by atoms with Gasteiger partial charge in [-0.15, -0.1) is 0 Å². The molecule has 0 amide bonds. The van der Waals surface area contributed by atoms with Crippen LogP contribution in [0.25, 0.3) is 0 Å². The lowest BCUT2D eigenvalue weighted by Gasteiger charge is -2.07. The minimum atomic E-state index is -0.902. The Hall–Kier alpha value is -0.590. The van der Waals surface area contributed by atoms with E-state index in [0.717, 1.165) is 6.07 Å². The van der Waals surface area contributed by atoms with Crippen LogP contribution in [0.3, 0.4) is 0 Å². The van der Waals surface area contributed by atoms with Crippen LogP contribution in [0.15, 0.2) is 43.7 Å². The summed E-state index contributed by atoms with van der Waals surface area (Å²) in [5.74, 6) is -2.50. The quantitative estimate of drug-likeness (QED) is 0.433. The van der Waals surface area contributed by atoms with Crippen LogP contribution in [0.2, 0.25) is 0 Å². The van der Waals surface area contributed by atoms with Crippen LogP contribution in [-0.2, 0) is 0 Å². The van der Waals surface area contributed by atoms with Crippen molar-refractivity contribution >= 4 is 53.6 Å². The van der Waals surface area contributed by atoms with Crippen molar-refractivity contribution in [1.82, 2.24) is 0 Å². The summed E-state index contributed by atoms with van der Waals surface area (Å²) >= 11 is 9.39. The summed E-state index contributed by atoms with van der Waals surface area (Å²) < 4.78 is 28.9. The van der Waals surface area contributed by atoms with E-state index in [1.165, 1.54) is 18.2 Å². The Morgan fingerprint density at radius 2 is 1.53 bits per heavy atom. The number of hydrogen-bond donors (Lipinski definition) is 0. The van der Waals surface area contributed by atoms with Gasteiger partial charge in [-0.3, -0.25) is 4.79 Å². The molecule has 0 spiro atoms. The van der Waals surface area contributed by atoms with Crippen LogP contribution in [0, 0.1) is 11.6 Å². The molecule has 2 aromatic carbocycles. The van der Waals surface area contributed by atoms with E-state index in [1.807, 2.05) is 0 Å². The molecule has 0 N–H and O–H groups in total. The summed E-state index contributed by atoms with van der Waals surface area (Å²) in [5, 5.41) is 0. The molecule has 0 heterocycles. The zero-order valence-corrected chi connectivity index (χ0v) is 13.9. The van der Waals surface area contributed by atoms with E-state index in [-0.39, 0.29) is 10.0 Å². The molecule has 0 radical (unpaired) electrons. The van der Waals surface area contributed by atoms with E-state index < -0.39 is 23.0 Å². The molecule has 0 bridgehead atoms. The highest BCUT2D eigenvalue weighted by Gasteiger charge is 2.21. The van der Waals surface area contributed by atoms with Gasteiger partial charge in [-0.25, -0.2) is 8.78 Å². The fourth-order valence-electron chi connectivity index (χ4n) is 1.56. The van der Waals surface area contributed by atoms with Crippen LogP contribution in [0.1, 0.15) is 15.9 Å². The monoisotopic (exact) mass is 452 g/mol. The van der Waals surface area contributed by atoms with Crippen molar-refractivity contribution in [2.24, 2.45) is 0 Å². The van der Waals surface area contributed by atoms with Gasteiger partial charge < -0.3 is 0 Å². The summed E-state index contributed by atoms with van der Waals surface area (Å²) in [6.07, 6.45) is 0. The summed E-state index contributed by atoms with van der Waals surface area (Å²) in [5.41, 5.74) is -0.378. The first-order chi connectivity index (χ1) is 8.90. The molecule has 19 heavy (non-hydrogen) atoms. The van der Waals surface area contributed by atoms with Gasteiger partial charge in [0.05, 0.1) is 10.0 Å². The maximum atomic E-state index is 13.9. The Balaban J connectivity index is 2.59. The Kier molecular flexibility index (Phi) is 4.53. The molecule has 98 valence electrons. The average molecular weight is 455 g/mol. The highest BCUT2D eigenvalue weighted by atomic mass is 79.9. The SMILES string of the molecule is O=C(c1cc(Br)cc(Br)c1)c1c(F)ccc(Br)c1F. The minimum absolute atomic E-state index is 0.0475. The van der Waals surface area contributed by atoms with E-state index >= 15 is 0 Å². The molecule has 0 fully saturated rings. The van der Waals surface area contributed by atoms with Gasteiger partial charge in [0, 0.05) is 14.5 Å². The predicted molar refractivity (Wildman–Crippen MR) is 79.3 cm³/mol. The summed E-state index contributed by atoms with van der Waals surface area (Å²) in [4.78, 5) is 12.2. The van der Waals surface area contributed by atoms with E-state index in [2.05, 4.69) is 47.8 Å². The van der Waals surface area contributed by atoms with Crippen LogP contribution >= 0.6 is 47.8 Å². The van der Waals surface area contributed by atoms with Gasteiger partial charge >= 0.3 is 0 Å². The first-order valence-electron chi connectivity index (χ1n) is 5.04. The Morgan fingerprint density at radius 1 is 0.947 bits per heavy atom. The van der Waals surface area contributed by atoms with E-state index in [9.17, 15) is 13.6 Å². The van der Waals surface area contributed by atoms with Gasteiger partial charge in [-0.2, -0.15) is 0 Å². The molecule has 0 aliphatic rings. The number of ketones is 1. The number of rotatable bonds is 2. The van der Waals surface area contributed by atoms with Gasteiger partial charge in [0.1, 0.15) is 5.82 Å². The maximum absolute atomic E-state index is 13.9. The van der Waals surface area contributed by atoms with Crippen LogP contribution in [-0.4, -0.2) is 5.78 Å².